The molecule has 1 aromatic carbocycles. The highest BCUT2D eigenvalue weighted by Crippen LogP contribution is 2.29. The van der Waals surface area contributed by atoms with Gasteiger partial charge in [0.1, 0.15) is 5.75 Å². The molecular formula is C14H15NO. The lowest BCUT2D eigenvalue weighted by Gasteiger charge is -2.17. The minimum atomic E-state index is 0.924. The molecule has 82 valence electrons. The number of aromatic nitrogens is 1. The Kier molecular flexibility index (Phi) is 2.28. The van der Waals surface area contributed by atoms with E-state index in [1.54, 1.807) is 7.11 Å². The summed E-state index contributed by atoms with van der Waals surface area (Å²) in [4.78, 5) is 4.51. The zero-order chi connectivity index (χ0) is 11.0. The molecule has 1 aromatic heterocycles. The predicted molar refractivity (Wildman–Crippen MR) is 64.9 cm³/mol. The lowest BCUT2D eigenvalue weighted by atomic mass is 9.90. The van der Waals surface area contributed by atoms with Crippen LogP contribution in [0, 0.1) is 0 Å². The van der Waals surface area contributed by atoms with Crippen molar-refractivity contribution in [2.75, 3.05) is 7.11 Å². The standard InChI is InChI=1S/C14H15NO/c1-16-11-6-7-14-13(8-11)12-5-3-2-4-10(12)9-15-14/h6-9H,2-5H2,1H3. The Balaban J connectivity index is 2.27. The molecule has 16 heavy (non-hydrogen) atoms. The van der Waals surface area contributed by atoms with Crippen LogP contribution in [-0.2, 0) is 12.8 Å². The number of rotatable bonds is 1. The summed E-state index contributed by atoms with van der Waals surface area (Å²) in [6.07, 6.45) is 6.99. The van der Waals surface area contributed by atoms with Crippen molar-refractivity contribution in [3.8, 4) is 5.75 Å². The molecule has 2 heteroatoms. The second-order valence-corrected chi connectivity index (χ2v) is 4.35. The Bertz CT molecular complexity index is 528. The van der Waals surface area contributed by atoms with E-state index in [1.165, 1.54) is 42.2 Å². The molecule has 0 saturated carbocycles. The molecular weight excluding hydrogens is 198 g/mol. The summed E-state index contributed by atoms with van der Waals surface area (Å²) in [6, 6.07) is 6.14. The van der Waals surface area contributed by atoms with Crippen molar-refractivity contribution < 1.29 is 4.74 Å². The van der Waals surface area contributed by atoms with Gasteiger partial charge in [0.05, 0.1) is 12.6 Å². The van der Waals surface area contributed by atoms with Gasteiger partial charge < -0.3 is 4.74 Å². The molecule has 0 atom stereocenters. The third-order valence-corrected chi connectivity index (χ3v) is 3.40. The summed E-state index contributed by atoms with van der Waals surface area (Å²) < 4.78 is 5.29. The molecule has 1 heterocycles. The second kappa shape index (κ2) is 3.78. The van der Waals surface area contributed by atoms with Crippen molar-refractivity contribution in [3.63, 3.8) is 0 Å². The zero-order valence-corrected chi connectivity index (χ0v) is 9.49. The molecule has 0 amide bonds. The third kappa shape index (κ3) is 1.45. The van der Waals surface area contributed by atoms with E-state index in [-0.39, 0.29) is 0 Å². The molecule has 0 fully saturated rings. The fraction of sp³-hybridized carbons (Fsp3) is 0.357. The lowest BCUT2D eigenvalue weighted by molar-refractivity contribution is 0.415. The summed E-state index contributed by atoms with van der Waals surface area (Å²) in [5.74, 6) is 0.924. The molecule has 0 aliphatic heterocycles. The van der Waals surface area contributed by atoms with Gasteiger partial charge in [-0.3, -0.25) is 4.98 Å². The van der Waals surface area contributed by atoms with Crippen LogP contribution in [0.1, 0.15) is 24.0 Å². The SMILES string of the molecule is COc1ccc2ncc3c(c2c1)CCCC3. The van der Waals surface area contributed by atoms with Crippen LogP contribution < -0.4 is 4.74 Å². The fourth-order valence-corrected chi connectivity index (χ4v) is 2.52. The van der Waals surface area contributed by atoms with E-state index in [2.05, 4.69) is 11.1 Å². The van der Waals surface area contributed by atoms with E-state index in [0.29, 0.717) is 0 Å². The van der Waals surface area contributed by atoms with Crippen LogP contribution >= 0.6 is 0 Å². The van der Waals surface area contributed by atoms with Gasteiger partial charge in [0.15, 0.2) is 0 Å². The highest BCUT2D eigenvalue weighted by molar-refractivity contribution is 5.84. The van der Waals surface area contributed by atoms with Gasteiger partial charge >= 0.3 is 0 Å². The first kappa shape index (κ1) is 9.64. The Morgan fingerprint density at radius 1 is 1.19 bits per heavy atom. The van der Waals surface area contributed by atoms with Crippen LogP contribution in [0.4, 0.5) is 0 Å². The molecule has 0 radical (unpaired) electrons. The Hall–Kier alpha value is -1.57. The predicted octanol–water partition coefficient (Wildman–Crippen LogP) is 3.12. The van der Waals surface area contributed by atoms with E-state index < -0.39 is 0 Å². The summed E-state index contributed by atoms with van der Waals surface area (Å²) in [6.45, 7) is 0. The fourth-order valence-electron chi connectivity index (χ4n) is 2.52. The molecule has 2 nitrogen and oxygen atoms in total. The van der Waals surface area contributed by atoms with Gasteiger partial charge in [0.25, 0.3) is 0 Å². The van der Waals surface area contributed by atoms with Gasteiger partial charge in [-0.05, 0) is 55.0 Å². The number of hydrogen-bond donors (Lipinski definition) is 0. The topological polar surface area (TPSA) is 22.1 Å². The van der Waals surface area contributed by atoms with Crippen LogP contribution in [-0.4, -0.2) is 12.1 Å². The number of aryl methyl sites for hydroxylation is 2. The first-order valence-electron chi connectivity index (χ1n) is 5.83. The number of hydrogen-bond acceptors (Lipinski definition) is 2. The molecule has 0 N–H and O–H groups in total. The number of nitrogens with zero attached hydrogens (tertiary/aromatic N) is 1. The number of ether oxygens (including phenoxy) is 1. The molecule has 0 spiro atoms. The van der Waals surface area contributed by atoms with Crippen molar-refractivity contribution in [1.82, 2.24) is 4.98 Å². The number of benzene rings is 1. The smallest absolute Gasteiger partial charge is 0.119 e. The first-order valence-corrected chi connectivity index (χ1v) is 5.83. The average molecular weight is 213 g/mol. The van der Waals surface area contributed by atoms with Crippen LogP contribution in [0.15, 0.2) is 24.4 Å². The number of fused-ring (bicyclic) bond motifs is 3. The van der Waals surface area contributed by atoms with Crippen molar-refractivity contribution in [2.45, 2.75) is 25.7 Å². The van der Waals surface area contributed by atoms with Crippen molar-refractivity contribution in [1.29, 1.82) is 0 Å². The van der Waals surface area contributed by atoms with Gasteiger partial charge in [0, 0.05) is 11.6 Å². The van der Waals surface area contributed by atoms with Crippen LogP contribution in [0.3, 0.4) is 0 Å². The first-order chi connectivity index (χ1) is 7.88. The highest BCUT2D eigenvalue weighted by Gasteiger charge is 2.13. The van der Waals surface area contributed by atoms with Gasteiger partial charge in [-0.15, -0.1) is 0 Å². The van der Waals surface area contributed by atoms with E-state index in [9.17, 15) is 0 Å². The van der Waals surface area contributed by atoms with Crippen LogP contribution in [0.2, 0.25) is 0 Å². The van der Waals surface area contributed by atoms with E-state index >= 15 is 0 Å². The quantitative estimate of drug-likeness (QED) is 0.726. The largest absolute Gasteiger partial charge is 0.497 e. The van der Waals surface area contributed by atoms with Crippen molar-refractivity contribution in [3.05, 3.63) is 35.5 Å². The molecule has 0 unspecified atom stereocenters. The summed E-state index contributed by atoms with van der Waals surface area (Å²) >= 11 is 0. The van der Waals surface area contributed by atoms with Gasteiger partial charge in [-0.1, -0.05) is 0 Å². The van der Waals surface area contributed by atoms with Crippen LogP contribution in [0.25, 0.3) is 10.9 Å². The summed E-state index contributed by atoms with van der Waals surface area (Å²) in [7, 11) is 1.71. The van der Waals surface area contributed by atoms with Crippen molar-refractivity contribution in [2.24, 2.45) is 0 Å². The number of methoxy groups -OCH3 is 1. The third-order valence-electron chi connectivity index (χ3n) is 3.40. The Labute approximate surface area is 95.3 Å². The summed E-state index contributed by atoms with van der Waals surface area (Å²) in [5.41, 5.74) is 3.99. The molecule has 3 rings (SSSR count). The average Bonchev–Trinajstić information content (AvgIpc) is 2.38. The highest BCUT2D eigenvalue weighted by atomic mass is 16.5. The maximum absolute atomic E-state index is 5.29. The second-order valence-electron chi connectivity index (χ2n) is 4.35. The van der Waals surface area contributed by atoms with E-state index in [0.717, 1.165) is 11.3 Å². The lowest BCUT2D eigenvalue weighted by Crippen LogP contribution is -2.04. The normalized spacial score (nSPS) is 14.8. The van der Waals surface area contributed by atoms with Crippen molar-refractivity contribution >= 4 is 10.9 Å². The minimum absolute atomic E-state index is 0.924. The van der Waals surface area contributed by atoms with E-state index in [4.69, 9.17) is 4.74 Å². The van der Waals surface area contributed by atoms with Gasteiger partial charge in [-0.25, -0.2) is 0 Å². The Morgan fingerprint density at radius 2 is 2.06 bits per heavy atom. The van der Waals surface area contributed by atoms with E-state index in [1.807, 2.05) is 18.3 Å². The molecule has 1 aliphatic carbocycles. The molecule has 2 aromatic rings. The zero-order valence-electron chi connectivity index (χ0n) is 9.49. The Morgan fingerprint density at radius 3 is 2.94 bits per heavy atom. The molecule has 1 aliphatic rings. The van der Waals surface area contributed by atoms with Crippen LogP contribution in [0.5, 0.6) is 5.75 Å². The monoisotopic (exact) mass is 213 g/mol. The number of pyridine rings is 1. The molecule has 0 bridgehead atoms. The maximum atomic E-state index is 5.29. The maximum Gasteiger partial charge on any atom is 0.119 e. The van der Waals surface area contributed by atoms with Gasteiger partial charge in [-0.2, -0.15) is 0 Å². The van der Waals surface area contributed by atoms with Gasteiger partial charge in [0.2, 0.25) is 0 Å². The minimum Gasteiger partial charge on any atom is -0.497 e. The molecule has 0 saturated heterocycles. The summed E-state index contributed by atoms with van der Waals surface area (Å²) in [5, 5.41) is 1.27.